The first-order valence-electron chi connectivity index (χ1n) is 6.26. The van der Waals surface area contributed by atoms with Crippen molar-refractivity contribution in [2.24, 2.45) is 0 Å². The normalized spacial score (nSPS) is 13.2. The number of rotatable bonds is 5. The van der Waals surface area contributed by atoms with Gasteiger partial charge in [-0.1, -0.05) is 0 Å². The molecule has 0 unspecified atom stereocenters. The van der Waals surface area contributed by atoms with Crippen molar-refractivity contribution >= 4 is 17.8 Å². The molecule has 0 saturated carbocycles. The molecule has 25 heavy (non-hydrogen) atoms. The van der Waals surface area contributed by atoms with Gasteiger partial charge >= 0.3 is 24.3 Å². The zero-order valence-corrected chi connectivity index (χ0v) is 11.9. The molecule has 0 aromatic heterocycles. The number of carbonyl (C=O) groups excluding carboxylic acids is 1. The molecule has 0 bridgehead atoms. The number of halogens is 6. The number of hydrogen-bond acceptors (Lipinski definition) is 3. The molecule has 0 spiro atoms. The summed E-state index contributed by atoms with van der Waals surface area (Å²) in [7, 11) is 0. The Morgan fingerprint density at radius 3 is 1.68 bits per heavy atom. The molecule has 0 aliphatic carbocycles. The van der Waals surface area contributed by atoms with E-state index in [-0.39, 0.29) is 18.2 Å². The van der Waals surface area contributed by atoms with E-state index in [4.69, 9.17) is 10.2 Å². The van der Waals surface area contributed by atoms with Crippen LogP contribution in [0.5, 0.6) is 0 Å². The lowest BCUT2D eigenvalue weighted by Crippen LogP contribution is -2.42. The fraction of sp³-hybridized carbons (Fsp3) is 0.308. The highest BCUT2D eigenvalue weighted by atomic mass is 19.4. The fourth-order valence-electron chi connectivity index (χ4n) is 1.70. The van der Waals surface area contributed by atoms with E-state index >= 15 is 0 Å². The molecule has 0 radical (unpaired) electrons. The van der Waals surface area contributed by atoms with Crippen molar-refractivity contribution in [1.29, 1.82) is 0 Å². The van der Waals surface area contributed by atoms with Gasteiger partial charge in [-0.15, -0.1) is 0 Å². The van der Waals surface area contributed by atoms with Gasteiger partial charge < -0.3 is 15.5 Å². The number of alkyl halides is 6. The fourth-order valence-corrected chi connectivity index (χ4v) is 1.70. The van der Waals surface area contributed by atoms with Crippen LogP contribution >= 0.6 is 0 Å². The Labute approximate surface area is 135 Å². The van der Waals surface area contributed by atoms with Crippen LogP contribution in [0.4, 0.5) is 26.3 Å². The molecule has 3 N–H and O–H groups in total. The van der Waals surface area contributed by atoms with Gasteiger partial charge in [-0.3, -0.25) is 9.59 Å². The van der Waals surface area contributed by atoms with Crippen molar-refractivity contribution in [2.45, 2.75) is 24.8 Å². The summed E-state index contributed by atoms with van der Waals surface area (Å²) < 4.78 is 76.1. The summed E-state index contributed by atoms with van der Waals surface area (Å²) in [5.74, 6) is -5.06. The maximum absolute atomic E-state index is 12.7. The van der Waals surface area contributed by atoms with Gasteiger partial charge in [-0.2, -0.15) is 26.3 Å². The van der Waals surface area contributed by atoms with E-state index in [0.717, 1.165) is 0 Å². The molecule has 0 aliphatic rings. The molecular weight excluding hydrogens is 364 g/mol. The van der Waals surface area contributed by atoms with Crippen molar-refractivity contribution in [1.82, 2.24) is 5.32 Å². The molecule has 12 heteroatoms. The van der Waals surface area contributed by atoms with Gasteiger partial charge in [0.05, 0.1) is 17.5 Å². The Balaban J connectivity index is 3.28. The smallest absolute Gasteiger partial charge is 0.416 e. The molecule has 0 aliphatic heterocycles. The molecule has 6 nitrogen and oxygen atoms in total. The van der Waals surface area contributed by atoms with Gasteiger partial charge in [0.15, 0.2) is 0 Å². The maximum Gasteiger partial charge on any atom is 0.416 e. The van der Waals surface area contributed by atoms with E-state index in [0.29, 0.717) is 0 Å². The van der Waals surface area contributed by atoms with Gasteiger partial charge in [0.1, 0.15) is 6.04 Å². The summed E-state index contributed by atoms with van der Waals surface area (Å²) in [5.41, 5.74) is -4.64. The zero-order chi connectivity index (χ0) is 19.6. The molecule has 0 fully saturated rings. The lowest BCUT2D eigenvalue weighted by Gasteiger charge is -2.16. The second-order valence-electron chi connectivity index (χ2n) is 4.76. The molecule has 0 heterocycles. The van der Waals surface area contributed by atoms with Crippen LogP contribution in [0.2, 0.25) is 0 Å². The Morgan fingerprint density at radius 2 is 1.36 bits per heavy atom. The number of carboxylic acid groups (broad SMARTS) is 2. The predicted molar refractivity (Wildman–Crippen MR) is 67.6 cm³/mol. The number of benzene rings is 1. The number of aliphatic carboxylic acids is 2. The third-order valence-corrected chi connectivity index (χ3v) is 2.83. The lowest BCUT2D eigenvalue weighted by molar-refractivity contribution is -0.145. The molecule has 1 rings (SSSR count). The topological polar surface area (TPSA) is 104 Å². The molecule has 1 aromatic carbocycles. The quantitative estimate of drug-likeness (QED) is 0.688. The van der Waals surface area contributed by atoms with Crippen LogP contribution < -0.4 is 5.32 Å². The summed E-state index contributed by atoms with van der Waals surface area (Å²) in [5, 5.41) is 18.8. The summed E-state index contributed by atoms with van der Waals surface area (Å²) in [4.78, 5) is 33.1. The van der Waals surface area contributed by atoms with E-state index in [1.807, 2.05) is 0 Å². The Kier molecular flexibility index (Phi) is 5.66. The van der Waals surface area contributed by atoms with Crippen molar-refractivity contribution in [3.63, 3.8) is 0 Å². The molecule has 0 saturated heterocycles. The standard InChI is InChI=1S/C13H9F6NO5/c14-12(15,16)6-1-5(2-7(3-6)13(17,18)19)10(23)20-8(11(24)25)4-9(21)22/h1-3,8H,4H2,(H,20,23)(H,21,22)(H,24,25)/t8-/m1/s1. The van der Waals surface area contributed by atoms with Gasteiger partial charge in [-0.05, 0) is 18.2 Å². The Hall–Kier alpha value is -2.79. The van der Waals surface area contributed by atoms with E-state index in [9.17, 15) is 40.7 Å². The second-order valence-corrected chi connectivity index (χ2v) is 4.76. The lowest BCUT2D eigenvalue weighted by atomic mass is 10.0. The number of nitrogens with one attached hydrogen (secondary N) is 1. The average Bonchev–Trinajstić information content (AvgIpc) is 2.43. The minimum absolute atomic E-state index is 0.101. The first kappa shape index (κ1) is 20.3. The Bertz CT molecular complexity index is 665. The highest BCUT2D eigenvalue weighted by molar-refractivity contribution is 5.97. The van der Waals surface area contributed by atoms with E-state index < -0.39 is 59.4 Å². The molecule has 1 aromatic rings. The number of carboxylic acids is 2. The summed E-state index contributed by atoms with van der Waals surface area (Å²) >= 11 is 0. The van der Waals surface area contributed by atoms with E-state index in [1.54, 1.807) is 5.32 Å². The highest BCUT2D eigenvalue weighted by Gasteiger charge is 2.37. The van der Waals surface area contributed by atoms with Crippen LogP contribution in [-0.4, -0.2) is 34.1 Å². The summed E-state index contributed by atoms with van der Waals surface area (Å²) in [6.07, 6.45) is -11.5. The Morgan fingerprint density at radius 1 is 0.920 bits per heavy atom. The molecule has 1 amide bonds. The number of carbonyl (C=O) groups is 3. The van der Waals surface area contributed by atoms with Crippen LogP contribution in [0.3, 0.4) is 0 Å². The van der Waals surface area contributed by atoms with Crippen molar-refractivity contribution in [2.75, 3.05) is 0 Å². The van der Waals surface area contributed by atoms with Crippen LogP contribution in [0, 0.1) is 0 Å². The third-order valence-electron chi connectivity index (χ3n) is 2.83. The van der Waals surface area contributed by atoms with Crippen LogP contribution in [0.25, 0.3) is 0 Å². The largest absolute Gasteiger partial charge is 0.481 e. The molecular formula is C13H9F6NO5. The van der Waals surface area contributed by atoms with E-state index in [2.05, 4.69) is 0 Å². The highest BCUT2D eigenvalue weighted by Crippen LogP contribution is 2.36. The molecule has 1 atom stereocenters. The molecule has 138 valence electrons. The van der Waals surface area contributed by atoms with E-state index in [1.165, 1.54) is 0 Å². The minimum Gasteiger partial charge on any atom is -0.481 e. The van der Waals surface area contributed by atoms with Crippen molar-refractivity contribution in [3.8, 4) is 0 Å². The van der Waals surface area contributed by atoms with Crippen LogP contribution in [-0.2, 0) is 21.9 Å². The number of hydrogen-bond donors (Lipinski definition) is 3. The SMILES string of the molecule is O=C(O)C[C@@H](NC(=O)c1cc(C(F)(F)F)cc(C(F)(F)F)c1)C(=O)O. The maximum atomic E-state index is 12.7. The monoisotopic (exact) mass is 373 g/mol. The first-order chi connectivity index (χ1) is 11.2. The van der Waals surface area contributed by atoms with Crippen molar-refractivity contribution < 1.29 is 50.9 Å². The zero-order valence-electron chi connectivity index (χ0n) is 11.9. The summed E-state index contributed by atoms with van der Waals surface area (Å²) in [6.45, 7) is 0. The predicted octanol–water partition coefficient (Wildman–Crippen LogP) is 2.38. The second kappa shape index (κ2) is 6.99. The van der Waals surface area contributed by atoms with Crippen LogP contribution in [0.1, 0.15) is 27.9 Å². The third kappa shape index (κ3) is 5.65. The minimum atomic E-state index is -5.19. The van der Waals surface area contributed by atoms with Gasteiger partial charge in [0, 0.05) is 5.56 Å². The summed E-state index contributed by atoms with van der Waals surface area (Å²) in [6, 6.07) is -2.04. The first-order valence-corrected chi connectivity index (χ1v) is 6.26. The van der Waals surface area contributed by atoms with Gasteiger partial charge in [0.2, 0.25) is 0 Å². The van der Waals surface area contributed by atoms with Crippen LogP contribution in [0.15, 0.2) is 18.2 Å². The number of amides is 1. The van der Waals surface area contributed by atoms with Gasteiger partial charge in [0.25, 0.3) is 5.91 Å². The average molecular weight is 373 g/mol. The van der Waals surface area contributed by atoms with Gasteiger partial charge in [-0.25, -0.2) is 4.79 Å². The van der Waals surface area contributed by atoms with Crippen molar-refractivity contribution in [3.05, 3.63) is 34.9 Å².